The highest BCUT2D eigenvalue weighted by atomic mass is 79.9. The quantitative estimate of drug-likeness (QED) is 0.697. The Bertz CT molecular complexity index is 707. The zero-order valence-corrected chi connectivity index (χ0v) is 18.0. The van der Waals surface area contributed by atoms with Gasteiger partial charge in [-0.15, -0.1) is 11.3 Å². The number of nitrogens with zero attached hydrogens (tertiary/aromatic N) is 3. The van der Waals surface area contributed by atoms with Gasteiger partial charge in [0.25, 0.3) is 0 Å². The molecule has 0 spiro atoms. The van der Waals surface area contributed by atoms with Crippen molar-refractivity contribution >= 4 is 54.8 Å². The summed E-state index contributed by atoms with van der Waals surface area (Å²) in [5.74, 6) is 0.0122. The maximum atomic E-state index is 12.4. The lowest BCUT2D eigenvalue weighted by Crippen LogP contribution is -2.48. The first-order chi connectivity index (χ1) is 12.0. The van der Waals surface area contributed by atoms with E-state index in [2.05, 4.69) is 57.3 Å². The lowest BCUT2D eigenvalue weighted by Gasteiger charge is -2.33. The van der Waals surface area contributed by atoms with Crippen LogP contribution in [0.4, 0.5) is 5.69 Å². The first-order valence-corrected chi connectivity index (χ1v) is 10.6. The molecule has 1 aliphatic heterocycles. The highest BCUT2D eigenvalue weighted by Gasteiger charge is 2.20. The van der Waals surface area contributed by atoms with Gasteiger partial charge in [-0.2, -0.15) is 0 Å². The van der Waals surface area contributed by atoms with Crippen LogP contribution in [0.1, 0.15) is 11.3 Å². The zero-order chi connectivity index (χ0) is 17.8. The monoisotopic (exact) mass is 486 g/mol. The Labute approximate surface area is 168 Å². The Morgan fingerprint density at radius 2 is 1.84 bits per heavy atom. The molecule has 5 nitrogen and oxygen atoms in total. The minimum atomic E-state index is 0.0122. The summed E-state index contributed by atoms with van der Waals surface area (Å²) >= 11 is 8.67. The fraction of sp³-hybridized carbons (Fsp3) is 0.412. The molecule has 0 unspecified atom stereocenters. The second-order valence-corrected chi connectivity index (χ2v) is 8.61. The van der Waals surface area contributed by atoms with E-state index in [0.717, 1.165) is 58.6 Å². The molecule has 1 N–H and O–H groups in total. The van der Waals surface area contributed by atoms with E-state index in [0.29, 0.717) is 6.54 Å². The third kappa shape index (κ3) is 5.34. The summed E-state index contributed by atoms with van der Waals surface area (Å²) in [5.41, 5.74) is 4.92. The minimum absolute atomic E-state index is 0.0122. The van der Waals surface area contributed by atoms with Gasteiger partial charge in [-0.1, -0.05) is 0 Å². The van der Waals surface area contributed by atoms with Crippen molar-refractivity contribution < 1.29 is 4.79 Å². The van der Waals surface area contributed by atoms with Crippen LogP contribution in [-0.2, 0) is 11.3 Å². The first-order valence-electron chi connectivity index (χ1n) is 8.08. The molecule has 0 saturated carbocycles. The van der Waals surface area contributed by atoms with Crippen LogP contribution in [0.2, 0.25) is 0 Å². The average Bonchev–Trinajstić information content (AvgIpc) is 3.06. The molecule has 0 aliphatic carbocycles. The van der Waals surface area contributed by atoms with Gasteiger partial charge < -0.3 is 5.32 Å². The van der Waals surface area contributed by atoms with Crippen molar-refractivity contribution in [1.82, 2.24) is 14.8 Å². The Morgan fingerprint density at radius 3 is 2.44 bits per heavy atom. The van der Waals surface area contributed by atoms with E-state index >= 15 is 0 Å². The second kappa shape index (κ2) is 8.73. The smallest absolute Gasteiger partial charge is 0.238 e. The van der Waals surface area contributed by atoms with Gasteiger partial charge in [0.2, 0.25) is 5.91 Å². The second-order valence-electron chi connectivity index (χ2n) is 6.18. The number of carbonyl (C=O) groups excluding carboxylic acids is 1. The van der Waals surface area contributed by atoms with Gasteiger partial charge in [-0.25, -0.2) is 4.98 Å². The van der Waals surface area contributed by atoms with E-state index in [1.54, 1.807) is 11.3 Å². The number of carbonyl (C=O) groups is 1. The molecule has 2 heterocycles. The molecule has 1 amide bonds. The van der Waals surface area contributed by atoms with Crippen LogP contribution in [0.15, 0.2) is 32.0 Å². The predicted octanol–water partition coefficient (Wildman–Crippen LogP) is 3.73. The Morgan fingerprint density at radius 1 is 1.20 bits per heavy atom. The van der Waals surface area contributed by atoms with Crippen molar-refractivity contribution in [3.63, 3.8) is 0 Å². The Hall–Kier alpha value is -0.800. The van der Waals surface area contributed by atoms with Crippen molar-refractivity contribution in [2.45, 2.75) is 13.5 Å². The normalized spacial score (nSPS) is 16.1. The van der Waals surface area contributed by atoms with E-state index in [-0.39, 0.29) is 5.91 Å². The molecule has 3 rings (SSSR count). The average molecular weight is 488 g/mol. The van der Waals surface area contributed by atoms with E-state index in [1.165, 1.54) is 0 Å². The van der Waals surface area contributed by atoms with E-state index in [9.17, 15) is 4.79 Å². The molecule has 0 radical (unpaired) electrons. The van der Waals surface area contributed by atoms with Crippen LogP contribution in [-0.4, -0.2) is 53.4 Å². The van der Waals surface area contributed by atoms with Crippen LogP contribution in [0.25, 0.3) is 0 Å². The number of benzene rings is 1. The van der Waals surface area contributed by atoms with Crippen molar-refractivity contribution in [3.8, 4) is 0 Å². The first kappa shape index (κ1) is 19.0. The number of amides is 1. The van der Waals surface area contributed by atoms with Gasteiger partial charge in [-0.3, -0.25) is 14.6 Å². The van der Waals surface area contributed by atoms with Crippen LogP contribution >= 0.6 is 43.2 Å². The van der Waals surface area contributed by atoms with E-state index in [4.69, 9.17) is 0 Å². The zero-order valence-electron chi connectivity index (χ0n) is 14.0. The van der Waals surface area contributed by atoms with Crippen LogP contribution in [0, 0.1) is 6.92 Å². The number of anilines is 1. The standard InChI is InChI=1S/C17H20Br2N4OS/c1-12-6-14(18)17(15(19)7-12)21-16(24)9-23-4-2-22(3-5-23)8-13-10-25-11-20-13/h6-7,10-11H,2-5,8-9H2,1H3,(H,21,24). The number of aromatic nitrogens is 1. The fourth-order valence-electron chi connectivity index (χ4n) is 2.85. The molecular formula is C17H20Br2N4OS. The number of hydrogen-bond acceptors (Lipinski definition) is 5. The van der Waals surface area contributed by atoms with Gasteiger partial charge in [0, 0.05) is 47.0 Å². The maximum Gasteiger partial charge on any atom is 0.238 e. The summed E-state index contributed by atoms with van der Waals surface area (Å²) < 4.78 is 1.78. The summed E-state index contributed by atoms with van der Waals surface area (Å²) in [7, 11) is 0. The summed E-state index contributed by atoms with van der Waals surface area (Å²) in [6.45, 7) is 7.05. The largest absolute Gasteiger partial charge is 0.323 e. The summed E-state index contributed by atoms with van der Waals surface area (Å²) in [6, 6.07) is 4.00. The summed E-state index contributed by atoms with van der Waals surface area (Å²) in [6.07, 6.45) is 0. The van der Waals surface area contributed by atoms with E-state index < -0.39 is 0 Å². The number of halogens is 2. The van der Waals surface area contributed by atoms with E-state index in [1.807, 2.05) is 24.6 Å². The molecule has 25 heavy (non-hydrogen) atoms. The molecular weight excluding hydrogens is 468 g/mol. The SMILES string of the molecule is Cc1cc(Br)c(NC(=O)CN2CCN(Cc3cscn3)CC2)c(Br)c1. The lowest BCUT2D eigenvalue weighted by atomic mass is 10.2. The van der Waals surface area contributed by atoms with Crippen molar-refractivity contribution in [2.75, 3.05) is 38.0 Å². The van der Waals surface area contributed by atoms with Crippen LogP contribution in [0.3, 0.4) is 0 Å². The minimum Gasteiger partial charge on any atom is -0.323 e. The number of rotatable bonds is 5. The third-order valence-electron chi connectivity index (χ3n) is 4.15. The van der Waals surface area contributed by atoms with Gasteiger partial charge >= 0.3 is 0 Å². The highest BCUT2D eigenvalue weighted by molar-refractivity contribution is 9.11. The molecule has 1 aliphatic rings. The predicted molar refractivity (Wildman–Crippen MR) is 109 cm³/mol. The van der Waals surface area contributed by atoms with Crippen molar-refractivity contribution in [2.24, 2.45) is 0 Å². The van der Waals surface area contributed by atoms with Gasteiger partial charge in [-0.05, 0) is 56.5 Å². The molecule has 1 aromatic carbocycles. The number of aryl methyl sites for hydroxylation is 1. The van der Waals surface area contributed by atoms with Gasteiger partial charge in [0.05, 0.1) is 23.4 Å². The number of nitrogens with one attached hydrogen (secondary N) is 1. The maximum absolute atomic E-state index is 12.4. The van der Waals surface area contributed by atoms with Crippen LogP contribution in [0.5, 0.6) is 0 Å². The third-order valence-corrected chi connectivity index (χ3v) is 6.04. The van der Waals surface area contributed by atoms with Gasteiger partial charge in [0.15, 0.2) is 0 Å². The molecule has 1 saturated heterocycles. The molecule has 0 atom stereocenters. The van der Waals surface area contributed by atoms with Gasteiger partial charge in [0.1, 0.15) is 0 Å². The molecule has 1 fully saturated rings. The number of hydrogen-bond donors (Lipinski definition) is 1. The number of thiazole rings is 1. The molecule has 0 bridgehead atoms. The summed E-state index contributed by atoms with van der Waals surface area (Å²) in [4.78, 5) is 21.3. The Balaban J connectivity index is 1.48. The van der Waals surface area contributed by atoms with Crippen molar-refractivity contribution in [3.05, 3.63) is 43.2 Å². The van der Waals surface area contributed by atoms with Crippen LogP contribution < -0.4 is 5.32 Å². The molecule has 1 aromatic heterocycles. The topological polar surface area (TPSA) is 48.5 Å². The Kier molecular flexibility index (Phi) is 6.62. The number of piperazine rings is 1. The lowest BCUT2D eigenvalue weighted by molar-refractivity contribution is -0.117. The fourth-order valence-corrected chi connectivity index (χ4v) is 5.01. The molecule has 134 valence electrons. The summed E-state index contributed by atoms with van der Waals surface area (Å²) in [5, 5.41) is 5.10. The highest BCUT2D eigenvalue weighted by Crippen LogP contribution is 2.32. The van der Waals surface area contributed by atoms with Crippen molar-refractivity contribution in [1.29, 1.82) is 0 Å². The molecule has 8 heteroatoms. The molecule has 2 aromatic rings.